The molecule has 0 unspecified atom stereocenters. The van der Waals surface area contributed by atoms with Crippen molar-refractivity contribution in [1.29, 1.82) is 0 Å². The van der Waals surface area contributed by atoms with E-state index in [1.807, 2.05) is 0 Å². The van der Waals surface area contributed by atoms with E-state index in [4.69, 9.17) is 23.2 Å². The van der Waals surface area contributed by atoms with Crippen LogP contribution in [0.2, 0.25) is 10.0 Å². The Morgan fingerprint density at radius 3 is 2.33 bits per heavy atom. The second kappa shape index (κ2) is 6.12. The lowest BCUT2D eigenvalue weighted by molar-refractivity contribution is -0.137. The second-order valence-electron chi connectivity index (χ2n) is 4.32. The minimum atomic E-state index is -4.48. The van der Waals surface area contributed by atoms with Crippen molar-refractivity contribution in [2.75, 3.05) is 5.32 Å². The average Bonchev–Trinajstić information content (AvgIpc) is 2.36. The molecule has 21 heavy (non-hydrogen) atoms. The van der Waals surface area contributed by atoms with Crippen LogP contribution in [0.4, 0.5) is 23.2 Å². The van der Waals surface area contributed by atoms with E-state index < -0.39 is 17.6 Å². The van der Waals surface area contributed by atoms with Crippen LogP contribution in [0.3, 0.4) is 0 Å². The van der Waals surface area contributed by atoms with E-state index in [1.165, 1.54) is 18.2 Å². The monoisotopic (exact) mass is 337 g/mol. The van der Waals surface area contributed by atoms with Gasteiger partial charge in [-0.3, -0.25) is 0 Å². The second-order valence-corrected chi connectivity index (χ2v) is 5.16. The first kappa shape index (κ1) is 15.9. The molecule has 7 heteroatoms. The average molecular weight is 338 g/mol. The largest absolute Gasteiger partial charge is 0.416 e. The summed E-state index contributed by atoms with van der Waals surface area (Å²) in [6.45, 7) is 0.150. The summed E-state index contributed by atoms with van der Waals surface area (Å²) in [5, 5.41) is 2.95. The lowest BCUT2D eigenvalue weighted by Crippen LogP contribution is -2.07. The van der Waals surface area contributed by atoms with E-state index in [2.05, 4.69) is 5.32 Å². The van der Waals surface area contributed by atoms with Crippen molar-refractivity contribution in [1.82, 2.24) is 0 Å². The van der Waals surface area contributed by atoms with Gasteiger partial charge in [0.25, 0.3) is 0 Å². The number of halogens is 6. The lowest BCUT2D eigenvalue weighted by atomic mass is 10.1. The highest BCUT2D eigenvalue weighted by Gasteiger charge is 2.31. The van der Waals surface area contributed by atoms with Crippen LogP contribution in [-0.2, 0) is 12.7 Å². The quantitative estimate of drug-likeness (QED) is 0.701. The van der Waals surface area contributed by atoms with Crippen LogP contribution in [0.25, 0.3) is 0 Å². The van der Waals surface area contributed by atoms with Crippen LogP contribution in [-0.4, -0.2) is 0 Å². The SMILES string of the molecule is Fc1ccc(CNc2cc(Cl)cc(C(F)(F)F)c2)c(Cl)c1. The van der Waals surface area contributed by atoms with Gasteiger partial charge in [0, 0.05) is 22.3 Å². The molecule has 2 rings (SSSR count). The van der Waals surface area contributed by atoms with Crippen LogP contribution < -0.4 is 5.32 Å². The molecule has 0 aliphatic carbocycles. The Labute approximate surface area is 128 Å². The third kappa shape index (κ3) is 4.25. The first-order valence-corrected chi connectivity index (χ1v) is 6.57. The van der Waals surface area contributed by atoms with Crippen molar-refractivity contribution >= 4 is 28.9 Å². The summed E-state index contributed by atoms with van der Waals surface area (Å²) in [7, 11) is 0. The summed E-state index contributed by atoms with van der Waals surface area (Å²) in [4.78, 5) is 0. The normalized spacial score (nSPS) is 11.5. The Bertz CT molecular complexity index is 656. The summed E-state index contributed by atoms with van der Waals surface area (Å²) in [6.07, 6.45) is -4.48. The van der Waals surface area contributed by atoms with Crippen LogP contribution in [0.5, 0.6) is 0 Å². The maximum Gasteiger partial charge on any atom is 0.416 e. The molecular formula is C14H9Cl2F4N. The molecular weight excluding hydrogens is 329 g/mol. The van der Waals surface area contributed by atoms with Gasteiger partial charge in [0.15, 0.2) is 0 Å². The summed E-state index contributed by atoms with van der Waals surface area (Å²) in [5.74, 6) is -0.481. The molecule has 112 valence electrons. The smallest absolute Gasteiger partial charge is 0.381 e. The summed E-state index contributed by atoms with van der Waals surface area (Å²) in [6, 6.07) is 6.98. The van der Waals surface area contributed by atoms with Gasteiger partial charge in [-0.05, 0) is 35.9 Å². The summed E-state index contributed by atoms with van der Waals surface area (Å²) < 4.78 is 50.9. The Balaban J connectivity index is 2.18. The molecule has 0 atom stereocenters. The number of rotatable bonds is 3. The topological polar surface area (TPSA) is 12.0 Å². The summed E-state index contributed by atoms with van der Waals surface area (Å²) in [5.41, 5.74) is -0.0791. The van der Waals surface area contributed by atoms with E-state index in [0.717, 1.165) is 18.2 Å². The molecule has 0 heterocycles. The van der Waals surface area contributed by atoms with Gasteiger partial charge >= 0.3 is 6.18 Å². The van der Waals surface area contributed by atoms with E-state index in [-0.39, 0.29) is 22.3 Å². The van der Waals surface area contributed by atoms with Crippen molar-refractivity contribution in [3.05, 3.63) is 63.4 Å². The van der Waals surface area contributed by atoms with Crippen LogP contribution in [0.15, 0.2) is 36.4 Å². The number of nitrogens with one attached hydrogen (secondary N) is 1. The highest BCUT2D eigenvalue weighted by molar-refractivity contribution is 6.31. The van der Waals surface area contributed by atoms with Crippen LogP contribution in [0, 0.1) is 5.82 Å². The van der Waals surface area contributed by atoms with Crippen molar-refractivity contribution in [3.63, 3.8) is 0 Å². The molecule has 0 saturated heterocycles. The van der Waals surface area contributed by atoms with Crippen molar-refractivity contribution in [3.8, 4) is 0 Å². The van der Waals surface area contributed by atoms with Crippen LogP contribution >= 0.6 is 23.2 Å². The molecule has 1 N–H and O–H groups in total. The Morgan fingerprint density at radius 2 is 1.71 bits per heavy atom. The van der Waals surface area contributed by atoms with Crippen molar-refractivity contribution in [2.45, 2.75) is 12.7 Å². The highest BCUT2D eigenvalue weighted by atomic mass is 35.5. The van der Waals surface area contributed by atoms with Gasteiger partial charge in [0.1, 0.15) is 5.82 Å². The van der Waals surface area contributed by atoms with E-state index in [1.54, 1.807) is 0 Å². The van der Waals surface area contributed by atoms with E-state index >= 15 is 0 Å². The fraction of sp³-hybridized carbons (Fsp3) is 0.143. The Morgan fingerprint density at radius 1 is 1.00 bits per heavy atom. The van der Waals surface area contributed by atoms with Gasteiger partial charge in [-0.1, -0.05) is 29.3 Å². The highest BCUT2D eigenvalue weighted by Crippen LogP contribution is 2.33. The molecule has 2 aromatic rings. The number of anilines is 1. The molecule has 0 amide bonds. The van der Waals surface area contributed by atoms with Gasteiger partial charge in [-0.25, -0.2) is 4.39 Å². The molecule has 1 nitrogen and oxygen atoms in total. The van der Waals surface area contributed by atoms with Gasteiger partial charge in [0.05, 0.1) is 5.56 Å². The number of benzene rings is 2. The molecule has 0 fully saturated rings. The Kier molecular flexibility index (Phi) is 4.64. The maximum absolute atomic E-state index is 12.9. The van der Waals surface area contributed by atoms with Gasteiger partial charge in [0.2, 0.25) is 0 Å². The molecule has 0 aromatic heterocycles. The van der Waals surface area contributed by atoms with E-state index in [9.17, 15) is 17.6 Å². The first-order chi connectivity index (χ1) is 9.75. The van der Waals surface area contributed by atoms with Crippen LogP contribution in [0.1, 0.15) is 11.1 Å². The minimum Gasteiger partial charge on any atom is -0.381 e. The lowest BCUT2D eigenvalue weighted by Gasteiger charge is -2.12. The molecule has 0 aliphatic heterocycles. The number of hydrogen-bond acceptors (Lipinski definition) is 1. The molecule has 0 radical (unpaired) electrons. The van der Waals surface area contributed by atoms with Crippen molar-refractivity contribution < 1.29 is 17.6 Å². The molecule has 2 aromatic carbocycles. The number of alkyl halides is 3. The zero-order valence-electron chi connectivity index (χ0n) is 10.4. The fourth-order valence-electron chi connectivity index (χ4n) is 1.72. The zero-order chi connectivity index (χ0) is 15.6. The molecule has 0 bridgehead atoms. The zero-order valence-corrected chi connectivity index (χ0v) is 12.0. The first-order valence-electron chi connectivity index (χ1n) is 5.81. The fourth-order valence-corrected chi connectivity index (χ4v) is 2.19. The standard InChI is InChI=1S/C14H9Cl2F4N/c15-10-3-9(14(18,19)20)4-12(5-10)21-7-8-1-2-11(17)6-13(8)16/h1-6,21H,7H2. The minimum absolute atomic E-state index is 0.0301. The summed E-state index contributed by atoms with van der Waals surface area (Å²) >= 11 is 11.5. The van der Waals surface area contributed by atoms with Gasteiger partial charge in [-0.2, -0.15) is 13.2 Å². The van der Waals surface area contributed by atoms with Gasteiger partial charge in [-0.15, -0.1) is 0 Å². The molecule has 0 aliphatic rings. The third-order valence-corrected chi connectivity index (χ3v) is 3.29. The molecule has 0 saturated carbocycles. The van der Waals surface area contributed by atoms with Gasteiger partial charge < -0.3 is 5.32 Å². The third-order valence-electron chi connectivity index (χ3n) is 2.72. The Hall–Kier alpha value is -1.46. The van der Waals surface area contributed by atoms with Crippen molar-refractivity contribution in [2.24, 2.45) is 0 Å². The number of hydrogen-bond donors (Lipinski definition) is 1. The maximum atomic E-state index is 12.9. The predicted octanol–water partition coefficient (Wildman–Crippen LogP) is 5.76. The predicted molar refractivity (Wildman–Crippen MR) is 75.2 cm³/mol. The molecule has 0 spiro atoms. The van der Waals surface area contributed by atoms with E-state index in [0.29, 0.717) is 5.56 Å².